The average Bonchev–Trinajstić information content (AvgIpc) is 3.28. The molecule has 5 rings (SSSR count). The summed E-state index contributed by atoms with van der Waals surface area (Å²) < 4.78 is 24.2. The van der Waals surface area contributed by atoms with E-state index in [1.54, 1.807) is 30.1 Å². The van der Waals surface area contributed by atoms with Crippen LogP contribution >= 0.6 is 0 Å². The number of amides is 1. The first-order valence-electron chi connectivity index (χ1n) is 12.9. The van der Waals surface area contributed by atoms with Crippen molar-refractivity contribution in [3.8, 4) is 17.0 Å². The topological polar surface area (TPSA) is 95.4 Å². The van der Waals surface area contributed by atoms with Crippen LogP contribution in [0.25, 0.3) is 22.2 Å². The van der Waals surface area contributed by atoms with Crippen LogP contribution in [0.3, 0.4) is 0 Å². The Morgan fingerprint density at radius 2 is 1.66 bits per heavy atom. The lowest BCUT2D eigenvalue weighted by molar-refractivity contribution is 0.0523. The summed E-state index contributed by atoms with van der Waals surface area (Å²) in [4.78, 5) is 30.2. The lowest BCUT2D eigenvalue weighted by atomic mass is 10.0. The van der Waals surface area contributed by atoms with Crippen LogP contribution in [-0.4, -0.2) is 92.0 Å². The van der Waals surface area contributed by atoms with Crippen molar-refractivity contribution < 1.29 is 28.5 Å². The first-order valence-corrected chi connectivity index (χ1v) is 12.9. The Kier molecular flexibility index (Phi) is 7.27. The maximum atomic E-state index is 13.2. The van der Waals surface area contributed by atoms with Crippen LogP contribution in [0, 0.1) is 0 Å². The molecule has 0 spiro atoms. The molecule has 0 N–H and O–H groups in total. The Hall–Kier alpha value is -3.63. The van der Waals surface area contributed by atoms with Crippen molar-refractivity contribution in [3.05, 3.63) is 42.0 Å². The quantitative estimate of drug-likeness (QED) is 0.476. The third-order valence-electron chi connectivity index (χ3n) is 6.45. The van der Waals surface area contributed by atoms with Gasteiger partial charge in [-0.3, -0.25) is 4.79 Å². The molecule has 4 bridgehead atoms. The van der Waals surface area contributed by atoms with E-state index in [9.17, 15) is 9.59 Å². The molecule has 0 radical (unpaired) electrons. The minimum atomic E-state index is -0.693. The van der Waals surface area contributed by atoms with Gasteiger partial charge >= 0.3 is 6.09 Å². The SMILES string of the molecule is CN1CCOCCOc2cc(cc(N3CCOCC3)c2)-c2nn(C(=O)OC(C)(C)C)c3ccc(cc23)C1=O. The minimum absolute atomic E-state index is 0.139. The molecule has 2 aromatic carbocycles. The van der Waals surface area contributed by atoms with Crippen LogP contribution in [0.5, 0.6) is 5.75 Å². The van der Waals surface area contributed by atoms with Gasteiger partial charge in [-0.15, -0.1) is 0 Å². The molecule has 0 unspecified atom stereocenters. The molecule has 0 aliphatic carbocycles. The molecule has 0 atom stereocenters. The maximum Gasteiger partial charge on any atom is 0.435 e. The molecular weight excluding hydrogens is 488 g/mol. The molecule has 1 aromatic heterocycles. The number of ether oxygens (including phenoxy) is 4. The van der Waals surface area contributed by atoms with Gasteiger partial charge in [0.15, 0.2) is 0 Å². The molecule has 10 heteroatoms. The number of carbonyl (C=O) groups is 2. The molecule has 1 fully saturated rings. The first-order chi connectivity index (χ1) is 18.2. The fraction of sp³-hybridized carbons (Fsp3) is 0.464. The molecule has 3 heterocycles. The Balaban J connectivity index is 1.69. The highest BCUT2D eigenvalue weighted by atomic mass is 16.6. The van der Waals surface area contributed by atoms with Gasteiger partial charge in [0.1, 0.15) is 23.7 Å². The first kappa shape index (κ1) is 26.0. The fourth-order valence-corrected chi connectivity index (χ4v) is 4.56. The van der Waals surface area contributed by atoms with Crippen molar-refractivity contribution in [2.24, 2.45) is 0 Å². The number of benzene rings is 2. The molecule has 202 valence electrons. The van der Waals surface area contributed by atoms with E-state index in [-0.39, 0.29) is 5.91 Å². The van der Waals surface area contributed by atoms with Crippen molar-refractivity contribution in [2.75, 3.05) is 64.6 Å². The third-order valence-corrected chi connectivity index (χ3v) is 6.45. The largest absolute Gasteiger partial charge is 0.491 e. The zero-order chi connectivity index (χ0) is 26.9. The van der Waals surface area contributed by atoms with Crippen LogP contribution in [-0.2, 0) is 14.2 Å². The van der Waals surface area contributed by atoms with E-state index in [4.69, 9.17) is 24.0 Å². The second kappa shape index (κ2) is 10.6. The second-order valence-corrected chi connectivity index (χ2v) is 10.5. The average molecular weight is 523 g/mol. The van der Waals surface area contributed by atoms with Gasteiger partial charge in [-0.2, -0.15) is 9.78 Å². The molecule has 2 aliphatic heterocycles. The predicted octanol–water partition coefficient (Wildman–Crippen LogP) is 3.80. The van der Waals surface area contributed by atoms with Crippen molar-refractivity contribution in [2.45, 2.75) is 26.4 Å². The summed E-state index contributed by atoms with van der Waals surface area (Å²) in [5.74, 6) is 0.534. The number of anilines is 1. The number of fused-ring (bicyclic) bond motifs is 4. The highest BCUT2D eigenvalue weighted by molar-refractivity contribution is 6.03. The van der Waals surface area contributed by atoms with Crippen LogP contribution < -0.4 is 9.64 Å². The monoisotopic (exact) mass is 522 g/mol. The summed E-state index contributed by atoms with van der Waals surface area (Å²) in [6.07, 6.45) is -0.586. The van der Waals surface area contributed by atoms with Gasteiger partial charge in [-0.1, -0.05) is 0 Å². The van der Waals surface area contributed by atoms with Crippen molar-refractivity contribution in [1.29, 1.82) is 0 Å². The Bertz CT molecular complexity index is 1340. The van der Waals surface area contributed by atoms with Gasteiger partial charge in [-0.05, 0) is 51.1 Å². The fourth-order valence-electron chi connectivity index (χ4n) is 4.56. The molecule has 10 nitrogen and oxygen atoms in total. The number of morpholine rings is 1. The molecule has 1 amide bonds. The molecule has 2 aliphatic rings. The van der Waals surface area contributed by atoms with Crippen LogP contribution in [0.15, 0.2) is 36.4 Å². The summed E-state index contributed by atoms with van der Waals surface area (Å²) in [5, 5.41) is 5.40. The van der Waals surface area contributed by atoms with Crippen LogP contribution in [0.4, 0.5) is 10.5 Å². The Labute approximate surface area is 222 Å². The van der Waals surface area contributed by atoms with E-state index in [1.807, 2.05) is 39.0 Å². The van der Waals surface area contributed by atoms with E-state index >= 15 is 0 Å². The van der Waals surface area contributed by atoms with E-state index in [1.165, 1.54) is 4.68 Å². The van der Waals surface area contributed by atoms with E-state index in [0.717, 1.165) is 24.3 Å². The molecule has 38 heavy (non-hydrogen) atoms. The minimum Gasteiger partial charge on any atom is -0.491 e. The zero-order valence-corrected chi connectivity index (χ0v) is 22.4. The number of rotatable bonds is 1. The van der Waals surface area contributed by atoms with Gasteiger partial charge in [0.05, 0.1) is 31.9 Å². The van der Waals surface area contributed by atoms with Crippen LogP contribution in [0.2, 0.25) is 0 Å². The predicted molar refractivity (Wildman–Crippen MR) is 143 cm³/mol. The third kappa shape index (κ3) is 5.61. The zero-order valence-electron chi connectivity index (χ0n) is 22.4. The summed E-state index contributed by atoms with van der Waals surface area (Å²) in [5.41, 5.74) is 2.67. The van der Waals surface area contributed by atoms with Gasteiger partial charge in [0.2, 0.25) is 0 Å². The van der Waals surface area contributed by atoms with Crippen molar-refractivity contribution >= 4 is 28.6 Å². The van der Waals surface area contributed by atoms with Gasteiger partial charge in [-0.25, -0.2) is 4.79 Å². The van der Waals surface area contributed by atoms with E-state index < -0.39 is 11.7 Å². The smallest absolute Gasteiger partial charge is 0.435 e. The second-order valence-electron chi connectivity index (χ2n) is 10.5. The summed E-state index contributed by atoms with van der Waals surface area (Å²) in [7, 11) is 1.74. The number of aromatic nitrogens is 2. The van der Waals surface area contributed by atoms with Crippen LogP contribution in [0.1, 0.15) is 31.1 Å². The summed E-state index contributed by atoms with van der Waals surface area (Å²) in [6.45, 7) is 9.82. The maximum absolute atomic E-state index is 13.2. The normalized spacial score (nSPS) is 17.2. The lowest BCUT2D eigenvalue weighted by Gasteiger charge is -2.29. The van der Waals surface area contributed by atoms with E-state index in [0.29, 0.717) is 67.5 Å². The molecule has 0 saturated carbocycles. The molecular formula is C28H34N4O6. The Morgan fingerprint density at radius 1 is 0.921 bits per heavy atom. The van der Waals surface area contributed by atoms with E-state index in [2.05, 4.69) is 4.90 Å². The number of likely N-dealkylation sites (N-methyl/N-ethyl adjacent to an activating group) is 1. The molecule has 3 aromatic rings. The lowest BCUT2D eigenvalue weighted by Crippen LogP contribution is -2.36. The number of hydrogen-bond donors (Lipinski definition) is 0. The highest BCUT2D eigenvalue weighted by Crippen LogP contribution is 2.35. The van der Waals surface area contributed by atoms with Crippen molar-refractivity contribution in [3.63, 3.8) is 0 Å². The summed E-state index contributed by atoms with van der Waals surface area (Å²) >= 11 is 0. The number of hydrogen-bond acceptors (Lipinski definition) is 8. The van der Waals surface area contributed by atoms with Gasteiger partial charge in [0.25, 0.3) is 5.91 Å². The number of nitrogens with zero attached hydrogens (tertiary/aromatic N) is 4. The highest BCUT2D eigenvalue weighted by Gasteiger charge is 2.25. The standard InChI is InChI=1S/C28H34N4O6/c1-28(2,3)38-27(34)32-24-6-5-19-17-23(24)25(29-32)20-15-21(31-8-11-35-12-9-31)18-22(16-20)37-14-13-36-10-7-30(4)26(19)33/h5-6,15-18H,7-14H2,1-4H3. The van der Waals surface area contributed by atoms with Gasteiger partial charge < -0.3 is 28.7 Å². The Morgan fingerprint density at radius 3 is 2.42 bits per heavy atom. The van der Waals surface area contributed by atoms with Gasteiger partial charge in [0, 0.05) is 54.9 Å². The summed E-state index contributed by atoms with van der Waals surface area (Å²) in [6, 6.07) is 11.2. The number of carbonyl (C=O) groups excluding carboxylic acids is 2. The van der Waals surface area contributed by atoms with Crippen molar-refractivity contribution in [1.82, 2.24) is 14.7 Å². The molecule has 1 saturated heterocycles.